The number of methoxy groups -OCH3 is 1. The second-order valence-corrected chi connectivity index (χ2v) is 8.07. The van der Waals surface area contributed by atoms with Gasteiger partial charge in [-0.15, -0.1) is 0 Å². The molecule has 0 atom stereocenters. The van der Waals surface area contributed by atoms with Gasteiger partial charge in [0.15, 0.2) is 18.1 Å². The molecule has 0 aliphatic carbocycles. The molecule has 0 unspecified atom stereocenters. The number of thioether (sulfide) groups is 1. The lowest BCUT2D eigenvalue weighted by Crippen LogP contribution is -2.38. The molecule has 1 heterocycles. The molecule has 11 heteroatoms. The summed E-state index contributed by atoms with van der Waals surface area (Å²) in [6, 6.07) is 11.4. The first-order valence-electron chi connectivity index (χ1n) is 10.1. The number of aryl methyl sites for hydroxylation is 1. The number of halogens is 2. The van der Waals surface area contributed by atoms with E-state index in [0.29, 0.717) is 11.3 Å². The molecule has 1 N–H and O–H groups in total. The van der Waals surface area contributed by atoms with Crippen molar-refractivity contribution in [1.29, 1.82) is 0 Å². The van der Waals surface area contributed by atoms with Crippen LogP contribution in [0.15, 0.2) is 47.4 Å². The van der Waals surface area contributed by atoms with Crippen LogP contribution in [0.5, 0.6) is 17.2 Å². The maximum atomic E-state index is 12.6. The normalized spacial score (nSPS) is 14.6. The summed E-state index contributed by atoms with van der Waals surface area (Å²) in [6.07, 6.45) is 1.45. The molecular weight excluding hydrogens is 470 g/mol. The van der Waals surface area contributed by atoms with E-state index in [4.69, 9.17) is 9.47 Å². The molecule has 0 spiro atoms. The van der Waals surface area contributed by atoms with Gasteiger partial charge in [-0.25, -0.2) is 0 Å². The van der Waals surface area contributed by atoms with Crippen molar-refractivity contribution < 1.29 is 37.4 Å². The topological polar surface area (TPSA) is 94.2 Å². The minimum Gasteiger partial charge on any atom is -0.493 e. The smallest absolute Gasteiger partial charge is 0.387 e. The highest BCUT2D eigenvalue weighted by Crippen LogP contribution is 2.34. The van der Waals surface area contributed by atoms with Crippen molar-refractivity contribution in [3.8, 4) is 17.2 Å². The van der Waals surface area contributed by atoms with E-state index in [9.17, 15) is 23.2 Å². The number of carbonyl (C=O) groups excluding carboxylic acids is 3. The lowest BCUT2D eigenvalue weighted by atomic mass is 10.2. The maximum absolute atomic E-state index is 12.6. The Kier molecular flexibility index (Phi) is 8.47. The number of rotatable bonds is 10. The second-order valence-electron chi connectivity index (χ2n) is 7.08. The Hall–Kier alpha value is -3.60. The molecule has 2 aromatic carbocycles. The average molecular weight is 493 g/mol. The first-order chi connectivity index (χ1) is 16.3. The maximum Gasteiger partial charge on any atom is 0.387 e. The van der Waals surface area contributed by atoms with Crippen LogP contribution in [0.3, 0.4) is 0 Å². The molecule has 0 bridgehead atoms. The predicted molar refractivity (Wildman–Crippen MR) is 122 cm³/mol. The monoisotopic (exact) mass is 492 g/mol. The van der Waals surface area contributed by atoms with E-state index >= 15 is 0 Å². The standard InChI is InChI=1S/C23H22F2N2O6S/c1-14-4-3-5-16(10-14)32-13-20(28)26-8-9-27-21(29)19(34-23(27)30)12-15-6-7-17(33-22(24)25)18(11-15)31-2/h3-7,10-12,22H,8-9,13H2,1-2H3,(H,26,28)/b19-12-. The zero-order chi connectivity index (χ0) is 24.7. The zero-order valence-corrected chi connectivity index (χ0v) is 19.2. The molecule has 1 aliphatic rings. The quantitative estimate of drug-likeness (QED) is 0.504. The van der Waals surface area contributed by atoms with Crippen LogP contribution in [-0.4, -0.2) is 55.4 Å². The summed E-state index contributed by atoms with van der Waals surface area (Å²) in [4.78, 5) is 38.1. The fourth-order valence-electron chi connectivity index (χ4n) is 3.02. The third-order valence-electron chi connectivity index (χ3n) is 4.59. The molecule has 1 fully saturated rings. The summed E-state index contributed by atoms with van der Waals surface area (Å²) in [5.41, 5.74) is 1.46. The number of nitrogens with one attached hydrogen (secondary N) is 1. The molecule has 1 aliphatic heterocycles. The summed E-state index contributed by atoms with van der Waals surface area (Å²) in [5.74, 6) is -0.431. The van der Waals surface area contributed by atoms with E-state index in [0.717, 1.165) is 22.2 Å². The number of imide groups is 1. The molecular formula is C23H22F2N2O6S. The van der Waals surface area contributed by atoms with Crippen LogP contribution >= 0.6 is 11.8 Å². The molecule has 0 saturated carbocycles. The number of alkyl halides is 2. The molecule has 34 heavy (non-hydrogen) atoms. The SMILES string of the molecule is COc1cc(/C=C2\SC(=O)N(CCNC(=O)COc3cccc(C)c3)C2=O)ccc1OC(F)F. The van der Waals surface area contributed by atoms with Crippen LogP contribution in [0.25, 0.3) is 6.08 Å². The Labute approximate surface area is 198 Å². The van der Waals surface area contributed by atoms with Gasteiger partial charge in [0.25, 0.3) is 17.1 Å². The summed E-state index contributed by atoms with van der Waals surface area (Å²) in [5, 5.41) is 2.13. The number of amides is 3. The Morgan fingerprint density at radius 2 is 1.97 bits per heavy atom. The van der Waals surface area contributed by atoms with Gasteiger partial charge >= 0.3 is 6.61 Å². The number of hydrogen-bond acceptors (Lipinski definition) is 7. The first kappa shape index (κ1) is 25.0. The summed E-state index contributed by atoms with van der Waals surface area (Å²) in [7, 11) is 1.30. The summed E-state index contributed by atoms with van der Waals surface area (Å²) < 4.78 is 39.8. The van der Waals surface area contributed by atoms with Crippen molar-refractivity contribution in [3.05, 3.63) is 58.5 Å². The van der Waals surface area contributed by atoms with Crippen molar-refractivity contribution >= 4 is 34.9 Å². The van der Waals surface area contributed by atoms with E-state index in [1.807, 2.05) is 19.1 Å². The number of nitrogens with zero attached hydrogens (tertiary/aromatic N) is 1. The lowest BCUT2D eigenvalue weighted by Gasteiger charge is -2.13. The van der Waals surface area contributed by atoms with E-state index < -0.39 is 17.8 Å². The molecule has 8 nitrogen and oxygen atoms in total. The minimum absolute atomic E-state index is 0.0112. The van der Waals surface area contributed by atoms with Crippen molar-refractivity contribution in [2.24, 2.45) is 0 Å². The van der Waals surface area contributed by atoms with Gasteiger partial charge in [0.1, 0.15) is 5.75 Å². The van der Waals surface area contributed by atoms with Gasteiger partial charge in [-0.1, -0.05) is 18.2 Å². The third kappa shape index (κ3) is 6.70. The van der Waals surface area contributed by atoms with E-state index in [-0.39, 0.29) is 42.0 Å². The number of benzene rings is 2. The first-order valence-corrected chi connectivity index (χ1v) is 10.9. The van der Waals surface area contributed by atoms with Gasteiger partial charge in [-0.3, -0.25) is 19.3 Å². The summed E-state index contributed by atoms with van der Waals surface area (Å²) in [6.45, 7) is -1.24. The fraction of sp³-hybridized carbons (Fsp3) is 0.261. The van der Waals surface area contributed by atoms with E-state index in [1.54, 1.807) is 12.1 Å². The highest BCUT2D eigenvalue weighted by molar-refractivity contribution is 8.18. The average Bonchev–Trinajstić information content (AvgIpc) is 3.05. The predicted octanol–water partition coefficient (Wildman–Crippen LogP) is 3.84. The highest BCUT2D eigenvalue weighted by Gasteiger charge is 2.34. The van der Waals surface area contributed by atoms with Gasteiger partial charge in [0.2, 0.25) is 0 Å². The molecule has 0 radical (unpaired) electrons. The van der Waals surface area contributed by atoms with E-state index in [2.05, 4.69) is 10.1 Å². The van der Waals surface area contributed by atoms with Crippen molar-refractivity contribution in [2.45, 2.75) is 13.5 Å². The van der Waals surface area contributed by atoms with Gasteiger partial charge in [-0.2, -0.15) is 8.78 Å². The molecule has 3 amide bonds. The van der Waals surface area contributed by atoms with Crippen LogP contribution in [0.2, 0.25) is 0 Å². The van der Waals surface area contributed by atoms with Crippen LogP contribution in [-0.2, 0) is 9.59 Å². The van der Waals surface area contributed by atoms with Gasteiger partial charge in [0, 0.05) is 13.1 Å². The molecule has 3 rings (SSSR count). The summed E-state index contributed by atoms with van der Waals surface area (Å²) >= 11 is 0.742. The van der Waals surface area contributed by atoms with E-state index in [1.165, 1.54) is 31.4 Å². The Morgan fingerprint density at radius 3 is 2.68 bits per heavy atom. The molecule has 2 aromatic rings. The molecule has 180 valence electrons. The molecule has 1 saturated heterocycles. The number of ether oxygens (including phenoxy) is 3. The van der Waals surface area contributed by atoms with Gasteiger partial charge in [-0.05, 0) is 60.2 Å². The van der Waals surface area contributed by atoms with Crippen molar-refractivity contribution in [1.82, 2.24) is 10.2 Å². The van der Waals surface area contributed by atoms with Gasteiger partial charge in [0.05, 0.1) is 12.0 Å². The lowest BCUT2D eigenvalue weighted by molar-refractivity contribution is -0.125. The largest absolute Gasteiger partial charge is 0.493 e. The van der Waals surface area contributed by atoms with Crippen LogP contribution in [0.1, 0.15) is 11.1 Å². The van der Waals surface area contributed by atoms with Crippen molar-refractivity contribution in [2.75, 3.05) is 26.8 Å². The molecule has 0 aromatic heterocycles. The zero-order valence-electron chi connectivity index (χ0n) is 18.4. The highest BCUT2D eigenvalue weighted by atomic mass is 32.2. The van der Waals surface area contributed by atoms with Crippen molar-refractivity contribution in [3.63, 3.8) is 0 Å². The van der Waals surface area contributed by atoms with Gasteiger partial charge < -0.3 is 19.5 Å². The van der Waals surface area contributed by atoms with Crippen LogP contribution in [0.4, 0.5) is 13.6 Å². The van der Waals surface area contributed by atoms with Crippen LogP contribution < -0.4 is 19.5 Å². The fourth-order valence-corrected chi connectivity index (χ4v) is 3.89. The van der Waals surface area contributed by atoms with Crippen LogP contribution in [0, 0.1) is 6.92 Å². The third-order valence-corrected chi connectivity index (χ3v) is 5.50. The number of carbonyl (C=O) groups is 3. The Balaban J connectivity index is 1.54. The number of hydrogen-bond donors (Lipinski definition) is 1. The minimum atomic E-state index is -3.01. The Bertz CT molecular complexity index is 1110. The second kappa shape index (κ2) is 11.5. The Morgan fingerprint density at radius 1 is 1.18 bits per heavy atom.